The van der Waals surface area contributed by atoms with Crippen LogP contribution in [0.4, 0.5) is 0 Å². The molecule has 0 spiro atoms. The second-order valence-corrected chi connectivity index (χ2v) is 8.93. The number of amides is 1. The van der Waals surface area contributed by atoms with Gasteiger partial charge in [0.2, 0.25) is 22.6 Å². The average molecular weight is 438 g/mol. The maximum Gasteiger partial charge on any atom is 0.230 e. The summed E-state index contributed by atoms with van der Waals surface area (Å²) in [5.74, 6) is 0.737. The van der Waals surface area contributed by atoms with E-state index in [2.05, 4.69) is 39.2 Å². The number of rotatable bonds is 5. The maximum atomic E-state index is 11.6. The molecule has 0 radical (unpaired) electrons. The predicted octanol–water partition coefficient (Wildman–Crippen LogP) is 3.35. The minimum absolute atomic E-state index is 0.0768. The van der Waals surface area contributed by atoms with Crippen LogP contribution in [0.25, 0.3) is 16.5 Å². The zero-order valence-corrected chi connectivity index (χ0v) is 17.9. The highest BCUT2D eigenvalue weighted by Gasteiger charge is 2.33. The summed E-state index contributed by atoms with van der Waals surface area (Å²) in [5.41, 5.74) is 7.77. The number of piperidine rings is 1. The van der Waals surface area contributed by atoms with Crippen LogP contribution in [0.2, 0.25) is 0 Å². The summed E-state index contributed by atoms with van der Waals surface area (Å²) in [6, 6.07) is 11.7. The zero-order valence-electron chi connectivity index (χ0n) is 17.1. The Labute approximate surface area is 182 Å². The molecule has 31 heavy (non-hydrogen) atoms. The summed E-state index contributed by atoms with van der Waals surface area (Å²) in [7, 11) is 0. The first-order chi connectivity index (χ1) is 15.0. The van der Waals surface area contributed by atoms with E-state index in [9.17, 15) is 9.90 Å². The first-order valence-corrected chi connectivity index (χ1v) is 11.0. The average Bonchev–Trinajstić information content (AvgIpc) is 3.49. The molecule has 1 atom stereocenters. The van der Waals surface area contributed by atoms with Crippen molar-refractivity contribution in [1.29, 1.82) is 0 Å². The zero-order chi connectivity index (χ0) is 21.5. The highest BCUT2D eigenvalue weighted by atomic mass is 32.1. The molecule has 1 aromatic carbocycles. The number of benzene rings is 1. The van der Waals surface area contributed by atoms with E-state index < -0.39 is 0 Å². The largest absolute Gasteiger partial charge is 0.492 e. The summed E-state index contributed by atoms with van der Waals surface area (Å²) < 4.78 is 6.85. The molecular weight excluding hydrogens is 414 g/mol. The molecule has 1 aliphatic heterocycles. The van der Waals surface area contributed by atoms with Crippen molar-refractivity contribution in [2.75, 3.05) is 13.1 Å². The van der Waals surface area contributed by atoms with Crippen molar-refractivity contribution < 1.29 is 14.3 Å². The molecule has 1 saturated heterocycles. The number of fused-ring (bicyclic) bond motifs is 1. The minimum Gasteiger partial charge on any atom is -0.492 e. The number of thiazole rings is 1. The van der Waals surface area contributed by atoms with Gasteiger partial charge in [0.05, 0.1) is 17.2 Å². The molecular formula is C22H23N5O3S. The molecule has 1 unspecified atom stereocenters. The highest BCUT2D eigenvalue weighted by molar-refractivity contribution is 7.17. The van der Waals surface area contributed by atoms with Gasteiger partial charge in [0.1, 0.15) is 0 Å². The lowest BCUT2D eigenvalue weighted by Gasteiger charge is -2.36. The third-order valence-electron chi connectivity index (χ3n) is 5.88. The van der Waals surface area contributed by atoms with Crippen molar-refractivity contribution in [3.63, 3.8) is 0 Å². The quantitative estimate of drug-likeness (QED) is 0.495. The fourth-order valence-corrected chi connectivity index (χ4v) is 5.27. The summed E-state index contributed by atoms with van der Waals surface area (Å²) in [5, 5.41) is 15.5. The maximum absolute atomic E-state index is 11.6. The molecule has 160 valence electrons. The number of nitrogens with zero attached hydrogens (tertiary/aromatic N) is 4. The Bertz CT molecular complexity index is 1200. The number of hydrogen-bond acceptors (Lipinski definition) is 7. The molecule has 1 aliphatic rings. The normalized spacial score (nSPS) is 16.7. The number of aromatic hydroxyl groups is 1. The lowest BCUT2D eigenvalue weighted by molar-refractivity contribution is -0.123. The van der Waals surface area contributed by atoms with Gasteiger partial charge < -0.3 is 15.3 Å². The Balaban J connectivity index is 1.54. The molecule has 3 N–H and O–H groups in total. The van der Waals surface area contributed by atoms with E-state index in [0.717, 1.165) is 23.5 Å². The molecule has 9 heteroatoms. The van der Waals surface area contributed by atoms with Gasteiger partial charge in [-0.25, -0.2) is 0 Å². The standard InChI is InChI=1S/C22H23N5O3S/c1-13-4-6-14(7-5-13)17(26-10-8-15(9-11-26)19(23)28)18-21(29)27-22(31-18)24-20(25-27)16-3-2-12-30-16/h2-7,12,15,17,29H,8-11H2,1H3,(H2,23,28). The van der Waals surface area contributed by atoms with E-state index >= 15 is 0 Å². The summed E-state index contributed by atoms with van der Waals surface area (Å²) in [4.78, 5) is 19.8. The first-order valence-electron chi connectivity index (χ1n) is 10.2. The number of carbonyl (C=O) groups excluding carboxylic acids is 1. The fourth-order valence-electron chi connectivity index (χ4n) is 4.16. The smallest absolute Gasteiger partial charge is 0.230 e. The van der Waals surface area contributed by atoms with Gasteiger partial charge in [0, 0.05) is 5.92 Å². The molecule has 8 nitrogen and oxygen atoms in total. The van der Waals surface area contributed by atoms with Crippen LogP contribution in [0, 0.1) is 12.8 Å². The monoisotopic (exact) mass is 437 g/mol. The Morgan fingerprint density at radius 1 is 1.26 bits per heavy atom. The number of nitrogens with two attached hydrogens (primary N) is 1. The van der Waals surface area contributed by atoms with Gasteiger partial charge in [-0.05, 0) is 50.6 Å². The van der Waals surface area contributed by atoms with E-state index in [1.54, 1.807) is 18.4 Å². The molecule has 3 aromatic heterocycles. The van der Waals surface area contributed by atoms with Crippen LogP contribution < -0.4 is 5.73 Å². The molecule has 5 rings (SSSR count). The summed E-state index contributed by atoms with van der Waals surface area (Å²) in [6.45, 7) is 3.49. The topological polar surface area (TPSA) is 110 Å². The number of furan rings is 1. The van der Waals surface area contributed by atoms with Crippen LogP contribution in [0.15, 0.2) is 47.1 Å². The number of hydrogen-bond donors (Lipinski definition) is 2. The summed E-state index contributed by atoms with van der Waals surface area (Å²) in [6.07, 6.45) is 2.99. The molecule has 0 aliphatic carbocycles. The molecule has 1 fully saturated rings. The number of likely N-dealkylation sites (tertiary alicyclic amines) is 1. The van der Waals surface area contributed by atoms with Crippen LogP contribution in [-0.4, -0.2) is 43.6 Å². The number of aryl methyl sites for hydroxylation is 1. The van der Waals surface area contributed by atoms with Crippen molar-refractivity contribution in [1.82, 2.24) is 19.5 Å². The lowest BCUT2D eigenvalue weighted by Crippen LogP contribution is -2.40. The van der Waals surface area contributed by atoms with Gasteiger partial charge in [0.15, 0.2) is 5.76 Å². The van der Waals surface area contributed by atoms with Gasteiger partial charge in [-0.3, -0.25) is 9.69 Å². The van der Waals surface area contributed by atoms with Gasteiger partial charge in [-0.2, -0.15) is 9.50 Å². The Morgan fingerprint density at radius 2 is 2.00 bits per heavy atom. The van der Waals surface area contributed by atoms with Gasteiger partial charge in [-0.15, -0.1) is 5.10 Å². The van der Waals surface area contributed by atoms with E-state index in [4.69, 9.17) is 10.2 Å². The van der Waals surface area contributed by atoms with Crippen molar-refractivity contribution >= 4 is 22.2 Å². The third kappa shape index (κ3) is 3.60. The number of aromatic nitrogens is 3. The Hall–Kier alpha value is -3.17. The van der Waals surface area contributed by atoms with Crippen molar-refractivity contribution in [2.24, 2.45) is 11.7 Å². The fraction of sp³-hybridized carbons (Fsp3) is 0.318. The van der Waals surface area contributed by atoms with Crippen LogP contribution in [0.5, 0.6) is 5.88 Å². The Kier molecular flexibility index (Phi) is 4.99. The van der Waals surface area contributed by atoms with Crippen LogP contribution in [0.1, 0.15) is 34.9 Å². The molecule has 4 aromatic rings. The molecule has 1 amide bonds. The van der Waals surface area contributed by atoms with Gasteiger partial charge in [-0.1, -0.05) is 41.2 Å². The Morgan fingerprint density at radius 3 is 2.61 bits per heavy atom. The van der Waals surface area contributed by atoms with Crippen LogP contribution >= 0.6 is 11.3 Å². The van der Waals surface area contributed by atoms with Gasteiger partial charge in [0.25, 0.3) is 0 Å². The van der Waals surface area contributed by atoms with Crippen molar-refractivity contribution in [3.05, 3.63) is 58.7 Å². The van der Waals surface area contributed by atoms with E-state index in [1.807, 2.05) is 6.92 Å². The SMILES string of the molecule is Cc1ccc(C(c2sc3nc(-c4ccco4)nn3c2O)N2CCC(C(N)=O)CC2)cc1. The van der Waals surface area contributed by atoms with Crippen molar-refractivity contribution in [3.8, 4) is 17.5 Å². The predicted molar refractivity (Wildman–Crippen MR) is 117 cm³/mol. The highest BCUT2D eigenvalue weighted by Crippen LogP contribution is 2.41. The minimum atomic E-state index is -0.237. The van der Waals surface area contributed by atoms with Crippen LogP contribution in [0.3, 0.4) is 0 Å². The van der Waals surface area contributed by atoms with E-state index in [1.165, 1.54) is 21.4 Å². The van der Waals surface area contributed by atoms with Crippen LogP contribution in [-0.2, 0) is 4.79 Å². The molecule has 4 heterocycles. The number of carbonyl (C=O) groups is 1. The van der Waals surface area contributed by atoms with E-state index in [0.29, 0.717) is 29.4 Å². The number of primary amides is 1. The molecule has 0 bridgehead atoms. The first kappa shape index (κ1) is 19.8. The van der Waals surface area contributed by atoms with E-state index in [-0.39, 0.29) is 23.7 Å². The van der Waals surface area contributed by atoms with Crippen molar-refractivity contribution in [2.45, 2.75) is 25.8 Å². The third-order valence-corrected chi connectivity index (χ3v) is 6.95. The summed E-state index contributed by atoms with van der Waals surface area (Å²) >= 11 is 1.41. The lowest BCUT2D eigenvalue weighted by atomic mass is 9.93. The second-order valence-electron chi connectivity index (χ2n) is 7.92. The van der Waals surface area contributed by atoms with Gasteiger partial charge >= 0.3 is 0 Å². The molecule has 0 saturated carbocycles. The second kappa shape index (κ2) is 7.82.